The van der Waals surface area contributed by atoms with E-state index in [1.807, 2.05) is 36.4 Å². The van der Waals surface area contributed by atoms with Crippen LogP contribution in [0.5, 0.6) is 0 Å². The molecule has 1 amide bonds. The van der Waals surface area contributed by atoms with Crippen molar-refractivity contribution < 1.29 is 22.7 Å². The third-order valence-electron chi connectivity index (χ3n) is 6.67. The van der Waals surface area contributed by atoms with E-state index in [1.54, 1.807) is 17.0 Å². The smallest absolute Gasteiger partial charge is 0.309 e. The maximum atomic E-state index is 13.0. The van der Waals surface area contributed by atoms with Crippen LogP contribution < -0.4 is 4.90 Å². The number of hydrogen-bond donors (Lipinski definition) is 0. The quantitative estimate of drug-likeness (QED) is 0.607. The molecule has 0 unspecified atom stereocenters. The van der Waals surface area contributed by atoms with Crippen LogP contribution in [0.1, 0.15) is 44.7 Å². The van der Waals surface area contributed by atoms with Crippen molar-refractivity contribution in [3.8, 4) is 0 Å². The normalized spacial score (nSPS) is 17.4. The van der Waals surface area contributed by atoms with E-state index in [0.717, 1.165) is 23.2 Å². The number of para-hydroxylation sites is 1. The highest BCUT2D eigenvalue weighted by molar-refractivity contribution is 7.89. The van der Waals surface area contributed by atoms with Crippen molar-refractivity contribution in [2.75, 3.05) is 31.1 Å². The summed E-state index contributed by atoms with van der Waals surface area (Å²) in [5.74, 6) is -1.09. The molecular formula is C26H32N2O5S. The Morgan fingerprint density at radius 3 is 2.26 bits per heavy atom. The van der Waals surface area contributed by atoms with Gasteiger partial charge in [0.1, 0.15) is 0 Å². The molecule has 0 N–H and O–H groups in total. The van der Waals surface area contributed by atoms with Crippen molar-refractivity contribution in [2.24, 2.45) is 5.92 Å². The molecule has 1 saturated heterocycles. The molecule has 8 heteroatoms. The van der Waals surface area contributed by atoms with Gasteiger partial charge in [-0.25, -0.2) is 8.42 Å². The summed E-state index contributed by atoms with van der Waals surface area (Å²) in [6.07, 6.45) is 1.54. The topological polar surface area (TPSA) is 84.0 Å². The number of nitrogens with zero attached hydrogens (tertiary/aromatic N) is 2. The SMILES string of the molecule is CC(C)(C)c1ccc(S(=O)(=O)N2CCC(C(=O)OCC(=O)N3CCc4ccccc43)CC2)cc1. The van der Waals surface area contributed by atoms with Crippen LogP contribution in [0.4, 0.5) is 5.69 Å². The Labute approximate surface area is 201 Å². The van der Waals surface area contributed by atoms with Gasteiger partial charge >= 0.3 is 5.97 Å². The Kier molecular flexibility index (Phi) is 6.82. The zero-order valence-electron chi connectivity index (χ0n) is 20.0. The van der Waals surface area contributed by atoms with Gasteiger partial charge in [-0.05, 0) is 54.0 Å². The Morgan fingerprint density at radius 2 is 1.62 bits per heavy atom. The lowest BCUT2D eigenvalue weighted by molar-refractivity contribution is -0.153. The van der Waals surface area contributed by atoms with E-state index in [1.165, 1.54) is 4.31 Å². The van der Waals surface area contributed by atoms with Gasteiger partial charge in [0, 0.05) is 25.3 Å². The molecule has 2 aromatic rings. The monoisotopic (exact) mass is 484 g/mol. The third-order valence-corrected chi connectivity index (χ3v) is 8.58. The van der Waals surface area contributed by atoms with Gasteiger partial charge < -0.3 is 9.64 Å². The molecular weight excluding hydrogens is 452 g/mol. The average Bonchev–Trinajstić information content (AvgIpc) is 3.26. The molecule has 0 aliphatic carbocycles. The Balaban J connectivity index is 1.29. The maximum absolute atomic E-state index is 13.0. The van der Waals surface area contributed by atoms with Crippen LogP contribution in [0.2, 0.25) is 0 Å². The Bertz CT molecular complexity index is 1160. The van der Waals surface area contributed by atoms with Crippen LogP contribution >= 0.6 is 0 Å². The van der Waals surface area contributed by atoms with E-state index in [-0.39, 0.29) is 35.9 Å². The zero-order valence-corrected chi connectivity index (χ0v) is 20.8. The predicted molar refractivity (Wildman–Crippen MR) is 130 cm³/mol. The van der Waals surface area contributed by atoms with E-state index in [2.05, 4.69) is 20.8 Å². The first kappa shape index (κ1) is 24.4. The van der Waals surface area contributed by atoms with Gasteiger partial charge in [0.25, 0.3) is 5.91 Å². The van der Waals surface area contributed by atoms with E-state index in [4.69, 9.17) is 4.74 Å². The van der Waals surface area contributed by atoms with Gasteiger partial charge in [-0.3, -0.25) is 9.59 Å². The first-order valence-electron chi connectivity index (χ1n) is 11.7. The van der Waals surface area contributed by atoms with Crippen molar-refractivity contribution in [3.63, 3.8) is 0 Å². The maximum Gasteiger partial charge on any atom is 0.309 e. The zero-order chi connectivity index (χ0) is 24.5. The first-order chi connectivity index (χ1) is 16.1. The van der Waals surface area contributed by atoms with Crippen molar-refractivity contribution >= 4 is 27.6 Å². The molecule has 2 heterocycles. The number of amides is 1. The van der Waals surface area contributed by atoms with Crippen LogP contribution in [0, 0.1) is 5.92 Å². The minimum atomic E-state index is -3.62. The summed E-state index contributed by atoms with van der Waals surface area (Å²) in [4.78, 5) is 27.1. The summed E-state index contributed by atoms with van der Waals surface area (Å²) < 4.78 is 32.8. The predicted octanol–water partition coefficient (Wildman–Crippen LogP) is 3.52. The minimum absolute atomic E-state index is 0.0550. The molecule has 2 aliphatic heterocycles. The fourth-order valence-corrected chi connectivity index (χ4v) is 6.00. The molecule has 2 aliphatic rings. The number of hydrogen-bond acceptors (Lipinski definition) is 5. The summed E-state index contributed by atoms with van der Waals surface area (Å²) in [6, 6.07) is 14.7. The highest BCUT2D eigenvalue weighted by Crippen LogP contribution is 2.29. The summed E-state index contributed by atoms with van der Waals surface area (Å²) in [6.45, 7) is 7.02. The summed E-state index contributed by atoms with van der Waals surface area (Å²) in [5, 5.41) is 0. The van der Waals surface area contributed by atoms with Crippen molar-refractivity contribution in [1.82, 2.24) is 4.31 Å². The number of anilines is 1. The molecule has 7 nitrogen and oxygen atoms in total. The van der Waals surface area contributed by atoms with E-state index in [9.17, 15) is 18.0 Å². The average molecular weight is 485 g/mol. The van der Waals surface area contributed by atoms with Crippen LogP contribution in [0.3, 0.4) is 0 Å². The molecule has 182 valence electrons. The second-order valence-corrected chi connectivity index (χ2v) is 11.9. The molecule has 34 heavy (non-hydrogen) atoms. The number of rotatable bonds is 5. The largest absolute Gasteiger partial charge is 0.455 e. The third kappa shape index (κ3) is 5.03. The second-order valence-electron chi connectivity index (χ2n) is 9.98. The standard InChI is InChI=1S/C26H32N2O5S/c1-26(2,3)21-8-10-22(11-9-21)34(31,32)27-15-12-20(13-16-27)25(30)33-18-24(29)28-17-14-19-6-4-5-7-23(19)28/h4-11,20H,12-18H2,1-3H3. The first-order valence-corrected chi connectivity index (χ1v) is 13.2. The molecule has 0 aromatic heterocycles. The molecule has 1 fully saturated rings. The highest BCUT2D eigenvalue weighted by Gasteiger charge is 2.34. The lowest BCUT2D eigenvalue weighted by Crippen LogP contribution is -2.41. The highest BCUT2D eigenvalue weighted by atomic mass is 32.2. The number of benzene rings is 2. The van der Waals surface area contributed by atoms with Crippen molar-refractivity contribution in [2.45, 2.75) is 50.3 Å². The minimum Gasteiger partial charge on any atom is -0.455 e. The number of fused-ring (bicyclic) bond motifs is 1. The molecule has 0 saturated carbocycles. The van der Waals surface area contributed by atoms with Gasteiger partial charge in [-0.15, -0.1) is 0 Å². The van der Waals surface area contributed by atoms with Gasteiger partial charge in [0.2, 0.25) is 10.0 Å². The number of carbonyl (C=O) groups is 2. The van der Waals surface area contributed by atoms with Crippen LogP contribution in [-0.2, 0) is 36.2 Å². The second kappa shape index (κ2) is 9.50. The van der Waals surface area contributed by atoms with Crippen LogP contribution in [0.15, 0.2) is 53.4 Å². The van der Waals surface area contributed by atoms with E-state index in [0.29, 0.717) is 19.4 Å². The van der Waals surface area contributed by atoms with Crippen molar-refractivity contribution in [3.05, 3.63) is 59.7 Å². The number of sulfonamides is 1. The summed E-state index contributed by atoms with van der Waals surface area (Å²) in [7, 11) is -3.62. The molecule has 2 aromatic carbocycles. The summed E-state index contributed by atoms with van der Waals surface area (Å²) >= 11 is 0. The number of esters is 1. The summed E-state index contributed by atoms with van der Waals surface area (Å²) in [5.41, 5.74) is 3.00. The van der Waals surface area contributed by atoms with E-state index >= 15 is 0 Å². The van der Waals surface area contributed by atoms with Crippen molar-refractivity contribution in [1.29, 1.82) is 0 Å². The van der Waals surface area contributed by atoms with Gasteiger partial charge in [-0.1, -0.05) is 51.1 Å². The van der Waals surface area contributed by atoms with Gasteiger partial charge in [0.05, 0.1) is 10.8 Å². The molecule has 0 spiro atoms. The van der Waals surface area contributed by atoms with Gasteiger partial charge in [0.15, 0.2) is 6.61 Å². The van der Waals surface area contributed by atoms with Crippen LogP contribution in [-0.4, -0.2) is 50.8 Å². The molecule has 0 radical (unpaired) electrons. The number of piperidine rings is 1. The van der Waals surface area contributed by atoms with E-state index < -0.39 is 21.9 Å². The molecule has 4 rings (SSSR count). The Hall–Kier alpha value is -2.71. The molecule has 0 atom stereocenters. The lowest BCUT2D eigenvalue weighted by atomic mass is 9.87. The lowest BCUT2D eigenvalue weighted by Gasteiger charge is -2.30. The Morgan fingerprint density at radius 1 is 0.971 bits per heavy atom. The number of carbonyl (C=O) groups excluding carboxylic acids is 2. The van der Waals surface area contributed by atoms with Gasteiger partial charge in [-0.2, -0.15) is 4.31 Å². The fourth-order valence-electron chi connectivity index (χ4n) is 4.53. The molecule has 0 bridgehead atoms. The fraction of sp³-hybridized carbons (Fsp3) is 0.462. The van der Waals surface area contributed by atoms with Crippen LogP contribution in [0.25, 0.3) is 0 Å². The number of ether oxygens (including phenoxy) is 1.